The van der Waals surface area contributed by atoms with E-state index in [0.29, 0.717) is 18.0 Å². The number of hydrogen-bond donors (Lipinski definition) is 1. The molecule has 2 unspecified atom stereocenters. The molecule has 3 nitrogen and oxygen atoms in total. The van der Waals surface area contributed by atoms with E-state index in [9.17, 15) is 0 Å². The topological polar surface area (TPSA) is 24.5 Å². The molecule has 1 fully saturated rings. The molecule has 0 aromatic carbocycles. The summed E-state index contributed by atoms with van der Waals surface area (Å²) in [6, 6.07) is 1.27. The third-order valence-electron chi connectivity index (χ3n) is 4.09. The fraction of sp³-hybridized carbons (Fsp3) is 1.00. The summed E-state index contributed by atoms with van der Waals surface area (Å²) in [4.78, 5) is 2.62. The van der Waals surface area contributed by atoms with Gasteiger partial charge in [0.05, 0.1) is 6.61 Å². The molecule has 18 heavy (non-hydrogen) atoms. The molecule has 1 heterocycles. The first-order valence-electron chi connectivity index (χ1n) is 7.68. The van der Waals surface area contributed by atoms with E-state index >= 15 is 0 Å². The smallest absolute Gasteiger partial charge is 0.0521 e. The van der Waals surface area contributed by atoms with Crippen molar-refractivity contribution in [2.45, 2.75) is 58.5 Å². The van der Waals surface area contributed by atoms with Crippen LogP contribution < -0.4 is 5.32 Å². The zero-order valence-electron chi connectivity index (χ0n) is 12.7. The van der Waals surface area contributed by atoms with Gasteiger partial charge in [-0.2, -0.15) is 0 Å². The maximum atomic E-state index is 5.65. The van der Waals surface area contributed by atoms with Gasteiger partial charge in [-0.15, -0.1) is 0 Å². The number of rotatable bonds is 8. The maximum Gasteiger partial charge on any atom is 0.0521 e. The van der Waals surface area contributed by atoms with Crippen molar-refractivity contribution in [2.24, 2.45) is 5.92 Å². The van der Waals surface area contributed by atoms with E-state index in [1.807, 2.05) is 0 Å². The molecule has 1 N–H and O–H groups in total. The summed E-state index contributed by atoms with van der Waals surface area (Å²) in [5.41, 5.74) is 0. The number of hydrogen-bond acceptors (Lipinski definition) is 3. The van der Waals surface area contributed by atoms with E-state index in [1.165, 1.54) is 32.4 Å². The van der Waals surface area contributed by atoms with E-state index in [0.717, 1.165) is 19.6 Å². The quantitative estimate of drug-likeness (QED) is 0.675. The lowest BCUT2D eigenvalue weighted by Gasteiger charge is -2.37. The molecule has 2 atom stereocenters. The van der Waals surface area contributed by atoms with Crippen LogP contribution in [0.4, 0.5) is 0 Å². The molecule has 0 aliphatic carbocycles. The van der Waals surface area contributed by atoms with Crippen LogP contribution in [0, 0.1) is 5.92 Å². The van der Waals surface area contributed by atoms with Gasteiger partial charge in [-0.3, -0.25) is 0 Å². The molecule has 0 spiro atoms. The Kier molecular flexibility index (Phi) is 7.87. The minimum atomic E-state index is 0.631. The minimum Gasteiger partial charge on any atom is -0.381 e. The molecule has 1 saturated heterocycles. The summed E-state index contributed by atoms with van der Waals surface area (Å²) in [6.45, 7) is 11.1. The summed E-state index contributed by atoms with van der Waals surface area (Å²) in [7, 11) is 2.08. The van der Waals surface area contributed by atoms with Crippen LogP contribution in [0.15, 0.2) is 0 Å². The van der Waals surface area contributed by atoms with E-state index in [1.54, 1.807) is 0 Å². The number of nitrogens with one attached hydrogen (secondary N) is 1. The van der Waals surface area contributed by atoms with Gasteiger partial charge in [0.1, 0.15) is 0 Å². The van der Waals surface area contributed by atoms with Gasteiger partial charge >= 0.3 is 0 Å². The normalized spacial score (nSPS) is 25.0. The van der Waals surface area contributed by atoms with E-state index in [2.05, 4.69) is 38.0 Å². The Hall–Kier alpha value is -0.120. The zero-order valence-corrected chi connectivity index (χ0v) is 12.7. The van der Waals surface area contributed by atoms with Crippen molar-refractivity contribution >= 4 is 0 Å². The molecule has 1 rings (SSSR count). The number of unbranched alkanes of at least 4 members (excludes halogenated alkanes) is 2. The lowest BCUT2D eigenvalue weighted by molar-refractivity contribution is 0.0137. The van der Waals surface area contributed by atoms with E-state index < -0.39 is 0 Å². The van der Waals surface area contributed by atoms with E-state index in [-0.39, 0.29) is 0 Å². The molecule has 1 aliphatic heterocycles. The highest BCUT2D eigenvalue weighted by Crippen LogP contribution is 2.17. The Labute approximate surface area is 113 Å². The maximum absolute atomic E-state index is 5.65. The van der Waals surface area contributed by atoms with Gasteiger partial charge in [0.25, 0.3) is 0 Å². The van der Waals surface area contributed by atoms with Crippen LogP contribution in [0.5, 0.6) is 0 Å². The number of nitrogens with zero attached hydrogens (tertiary/aromatic N) is 1. The highest BCUT2D eigenvalue weighted by Gasteiger charge is 2.26. The predicted octanol–water partition coefficient (Wildman–Crippen LogP) is 2.51. The first kappa shape index (κ1) is 15.9. The summed E-state index contributed by atoms with van der Waals surface area (Å²) in [5, 5.41) is 3.46. The highest BCUT2D eigenvalue weighted by atomic mass is 16.5. The van der Waals surface area contributed by atoms with Crippen molar-refractivity contribution < 1.29 is 4.74 Å². The average Bonchev–Trinajstić information content (AvgIpc) is 2.38. The van der Waals surface area contributed by atoms with Gasteiger partial charge in [-0.1, -0.05) is 19.8 Å². The monoisotopic (exact) mass is 256 g/mol. The molecular weight excluding hydrogens is 224 g/mol. The van der Waals surface area contributed by atoms with Crippen LogP contribution in [0.3, 0.4) is 0 Å². The molecule has 0 aromatic rings. The van der Waals surface area contributed by atoms with Crippen LogP contribution in [0.2, 0.25) is 0 Å². The van der Waals surface area contributed by atoms with Crippen molar-refractivity contribution in [1.29, 1.82) is 0 Å². The molecule has 0 saturated carbocycles. The van der Waals surface area contributed by atoms with Gasteiger partial charge < -0.3 is 15.0 Å². The Morgan fingerprint density at radius 2 is 2.11 bits per heavy atom. The molecular formula is C15H32N2O. The van der Waals surface area contributed by atoms with Crippen LogP contribution in [-0.4, -0.2) is 50.3 Å². The lowest BCUT2D eigenvalue weighted by atomic mass is 9.94. The summed E-state index contributed by atoms with van der Waals surface area (Å²) >= 11 is 0. The fourth-order valence-electron chi connectivity index (χ4n) is 2.78. The van der Waals surface area contributed by atoms with Crippen molar-refractivity contribution in [2.75, 3.05) is 33.4 Å². The highest BCUT2D eigenvalue weighted by molar-refractivity contribution is 4.82. The lowest BCUT2D eigenvalue weighted by Crippen LogP contribution is -2.48. The first-order chi connectivity index (χ1) is 8.69. The molecule has 0 radical (unpaired) electrons. The zero-order chi connectivity index (χ0) is 13.4. The Bertz CT molecular complexity index is 209. The first-order valence-corrected chi connectivity index (χ1v) is 7.68. The Morgan fingerprint density at radius 3 is 2.72 bits per heavy atom. The standard InChI is InChI=1S/C15H32N2O/c1-5-6-7-9-17(13(2)3)11-14-12-18-10-8-15(14)16-4/h13-16H,5-12H2,1-4H3. The second-order valence-corrected chi connectivity index (χ2v) is 5.81. The fourth-order valence-corrected chi connectivity index (χ4v) is 2.78. The largest absolute Gasteiger partial charge is 0.381 e. The van der Waals surface area contributed by atoms with Crippen molar-refractivity contribution in [3.05, 3.63) is 0 Å². The molecule has 0 aromatic heterocycles. The van der Waals surface area contributed by atoms with Crippen molar-refractivity contribution in [3.63, 3.8) is 0 Å². The average molecular weight is 256 g/mol. The van der Waals surface area contributed by atoms with Crippen molar-refractivity contribution in [3.8, 4) is 0 Å². The summed E-state index contributed by atoms with van der Waals surface area (Å²) in [5.74, 6) is 0.646. The third kappa shape index (κ3) is 5.25. The van der Waals surface area contributed by atoms with E-state index in [4.69, 9.17) is 4.74 Å². The Morgan fingerprint density at radius 1 is 1.33 bits per heavy atom. The van der Waals surface area contributed by atoms with Gasteiger partial charge in [0, 0.05) is 31.2 Å². The minimum absolute atomic E-state index is 0.631. The summed E-state index contributed by atoms with van der Waals surface area (Å²) < 4.78 is 5.65. The van der Waals surface area contributed by atoms with Crippen LogP contribution in [0.1, 0.15) is 46.5 Å². The van der Waals surface area contributed by atoms with Gasteiger partial charge in [0.15, 0.2) is 0 Å². The SMILES string of the molecule is CCCCCN(CC1COCCC1NC)C(C)C. The van der Waals surface area contributed by atoms with Gasteiger partial charge in [-0.25, -0.2) is 0 Å². The molecule has 1 aliphatic rings. The summed E-state index contributed by atoms with van der Waals surface area (Å²) in [6.07, 6.45) is 5.13. The molecule has 0 amide bonds. The van der Waals surface area contributed by atoms with Crippen LogP contribution in [-0.2, 0) is 4.74 Å². The molecule has 0 bridgehead atoms. The molecule has 3 heteroatoms. The predicted molar refractivity (Wildman–Crippen MR) is 78.0 cm³/mol. The van der Waals surface area contributed by atoms with Crippen LogP contribution >= 0.6 is 0 Å². The number of ether oxygens (including phenoxy) is 1. The second kappa shape index (κ2) is 8.89. The van der Waals surface area contributed by atoms with Crippen molar-refractivity contribution in [1.82, 2.24) is 10.2 Å². The third-order valence-corrected chi connectivity index (χ3v) is 4.09. The van der Waals surface area contributed by atoms with Gasteiger partial charge in [0.2, 0.25) is 0 Å². The Balaban J connectivity index is 2.42. The van der Waals surface area contributed by atoms with Crippen LogP contribution in [0.25, 0.3) is 0 Å². The second-order valence-electron chi connectivity index (χ2n) is 5.81. The molecule has 108 valence electrons. The van der Waals surface area contributed by atoms with Gasteiger partial charge in [-0.05, 0) is 40.3 Å².